The van der Waals surface area contributed by atoms with E-state index in [-0.39, 0.29) is 12.5 Å². The Morgan fingerprint density at radius 2 is 1.83 bits per heavy atom. The molecule has 0 unspecified atom stereocenters. The highest BCUT2D eigenvalue weighted by atomic mass is 16.6. The van der Waals surface area contributed by atoms with Crippen LogP contribution in [0.4, 0.5) is 4.79 Å². The molecule has 0 radical (unpaired) electrons. The fourth-order valence-corrected chi connectivity index (χ4v) is 3.16. The number of rotatable bonds is 8. The zero-order valence-electron chi connectivity index (χ0n) is 19.2. The van der Waals surface area contributed by atoms with Crippen molar-refractivity contribution in [2.24, 2.45) is 5.92 Å². The molecule has 0 bridgehead atoms. The number of ether oxygens (including phenoxy) is 1. The number of hydrogen-bond donors (Lipinski definition) is 2. The van der Waals surface area contributed by atoms with Gasteiger partial charge in [0.05, 0.1) is 17.3 Å². The predicted octanol–water partition coefficient (Wildman–Crippen LogP) is 3.90. The summed E-state index contributed by atoms with van der Waals surface area (Å²) in [4.78, 5) is 29.5. The summed E-state index contributed by atoms with van der Waals surface area (Å²) >= 11 is 0. The molecular weight excluding hydrogens is 382 g/mol. The lowest BCUT2D eigenvalue weighted by molar-refractivity contribution is 0.0501. The van der Waals surface area contributed by atoms with Crippen LogP contribution in [-0.4, -0.2) is 44.4 Å². The largest absolute Gasteiger partial charge is 0.444 e. The molecule has 2 aromatic heterocycles. The van der Waals surface area contributed by atoms with Crippen molar-refractivity contribution < 1.29 is 14.3 Å². The van der Waals surface area contributed by atoms with Crippen LogP contribution in [0.3, 0.4) is 0 Å². The van der Waals surface area contributed by atoms with Crippen molar-refractivity contribution in [1.82, 2.24) is 25.4 Å². The van der Waals surface area contributed by atoms with Crippen molar-refractivity contribution in [3.8, 4) is 0 Å². The van der Waals surface area contributed by atoms with Gasteiger partial charge in [0.15, 0.2) is 5.65 Å². The van der Waals surface area contributed by atoms with Crippen molar-refractivity contribution in [3.63, 3.8) is 0 Å². The number of amides is 2. The van der Waals surface area contributed by atoms with Crippen LogP contribution >= 0.6 is 0 Å². The van der Waals surface area contributed by atoms with Gasteiger partial charge in [0.2, 0.25) is 0 Å². The van der Waals surface area contributed by atoms with Crippen LogP contribution in [0.5, 0.6) is 0 Å². The van der Waals surface area contributed by atoms with Crippen molar-refractivity contribution in [1.29, 1.82) is 0 Å². The normalized spacial score (nSPS) is 12.3. The van der Waals surface area contributed by atoms with Crippen LogP contribution < -0.4 is 10.6 Å². The van der Waals surface area contributed by atoms with E-state index in [1.165, 1.54) is 0 Å². The molecule has 2 heterocycles. The number of hydrogen-bond acceptors (Lipinski definition) is 5. The van der Waals surface area contributed by atoms with Crippen LogP contribution in [0.15, 0.2) is 18.5 Å². The zero-order valence-corrected chi connectivity index (χ0v) is 19.2. The van der Waals surface area contributed by atoms with Crippen LogP contribution in [0.2, 0.25) is 0 Å². The highest BCUT2D eigenvalue weighted by Gasteiger charge is 2.30. The second-order valence-corrected chi connectivity index (χ2v) is 9.15. The Hall–Kier alpha value is -2.64. The molecule has 0 saturated heterocycles. The van der Waals surface area contributed by atoms with Crippen molar-refractivity contribution in [2.45, 2.75) is 79.0 Å². The minimum absolute atomic E-state index is 0.226. The van der Waals surface area contributed by atoms with Gasteiger partial charge in [-0.15, -0.1) is 0 Å². The first-order valence-corrected chi connectivity index (χ1v) is 10.6. The Morgan fingerprint density at radius 3 is 2.40 bits per heavy atom. The fraction of sp³-hybridized carbons (Fsp3) is 0.636. The second-order valence-electron chi connectivity index (χ2n) is 9.15. The molecule has 8 nitrogen and oxygen atoms in total. The summed E-state index contributed by atoms with van der Waals surface area (Å²) < 4.78 is 7.16. The average molecular weight is 418 g/mol. The molecule has 30 heavy (non-hydrogen) atoms. The predicted molar refractivity (Wildman–Crippen MR) is 117 cm³/mol. The minimum Gasteiger partial charge on any atom is -0.444 e. The number of fused-ring (bicyclic) bond motifs is 1. The van der Waals surface area contributed by atoms with E-state index in [1.807, 2.05) is 39.3 Å². The van der Waals surface area contributed by atoms with Gasteiger partial charge in [0.25, 0.3) is 5.91 Å². The lowest BCUT2D eigenvalue weighted by Gasteiger charge is -2.33. The number of nitrogens with one attached hydrogen (secondary N) is 2. The first-order valence-electron chi connectivity index (χ1n) is 10.6. The molecule has 2 N–H and O–H groups in total. The van der Waals surface area contributed by atoms with E-state index in [9.17, 15) is 9.59 Å². The van der Waals surface area contributed by atoms with Gasteiger partial charge in [-0.05, 0) is 45.6 Å². The fourth-order valence-electron chi connectivity index (χ4n) is 3.16. The maximum atomic E-state index is 13.0. The summed E-state index contributed by atoms with van der Waals surface area (Å²) in [6.07, 6.45) is 4.13. The van der Waals surface area contributed by atoms with E-state index in [0.29, 0.717) is 24.3 Å². The van der Waals surface area contributed by atoms with Gasteiger partial charge in [0, 0.05) is 24.7 Å². The number of carbonyl (C=O) groups is 2. The number of aromatic nitrogens is 3. The zero-order chi connectivity index (χ0) is 22.5. The van der Waals surface area contributed by atoms with Crippen LogP contribution in [0, 0.1) is 5.92 Å². The van der Waals surface area contributed by atoms with Crippen LogP contribution in [0.25, 0.3) is 11.0 Å². The third-order valence-electron chi connectivity index (χ3n) is 4.98. The van der Waals surface area contributed by atoms with E-state index in [4.69, 9.17) is 4.74 Å². The van der Waals surface area contributed by atoms with E-state index in [0.717, 1.165) is 17.6 Å². The van der Waals surface area contributed by atoms with E-state index in [2.05, 4.69) is 34.6 Å². The number of nitrogens with zero attached hydrogens (tertiary/aromatic N) is 3. The Labute approximate surface area is 178 Å². The van der Waals surface area contributed by atoms with Crippen molar-refractivity contribution in [2.75, 3.05) is 6.54 Å². The molecule has 8 heteroatoms. The summed E-state index contributed by atoms with van der Waals surface area (Å²) in [7, 11) is 0. The third-order valence-corrected chi connectivity index (χ3v) is 4.98. The molecular formula is C22H35N5O3. The maximum Gasteiger partial charge on any atom is 0.407 e. The molecule has 0 fully saturated rings. The van der Waals surface area contributed by atoms with Gasteiger partial charge < -0.3 is 15.4 Å². The smallest absolute Gasteiger partial charge is 0.407 e. The van der Waals surface area contributed by atoms with E-state index >= 15 is 0 Å². The maximum absolute atomic E-state index is 13.0. The minimum atomic E-state index is -0.579. The first kappa shape index (κ1) is 23.6. The molecule has 0 aliphatic carbocycles. The molecule has 0 spiro atoms. The summed E-state index contributed by atoms with van der Waals surface area (Å²) in [6, 6.07) is 1.80. The van der Waals surface area contributed by atoms with Crippen molar-refractivity contribution >= 4 is 23.0 Å². The molecule has 2 aromatic rings. The van der Waals surface area contributed by atoms with Gasteiger partial charge in [-0.25, -0.2) is 14.5 Å². The molecule has 2 rings (SSSR count). The Balaban J connectivity index is 2.13. The van der Waals surface area contributed by atoms with Gasteiger partial charge in [-0.2, -0.15) is 5.10 Å². The first-order chi connectivity index (χ1) is 14.0. The standard InChI is InChI=1S/C22H35N5O3/c1-8-22(9-2,14-24-20(29)30-21(5,6)7)26-19(28)17-10-16-12-25-27(13-15(3)4)18(16)23-11-17/h10-12,15H,8-9,13-14H2,1-7H3,(H,24,29)(H,26,28). The van der Waals surface area contributed by atoms with Gasteiger partial charge >= 0.3 is 6.09 Å². The van der Waals surface area contributed by atoms with Gasteiger partial charge in [-0.3, -0.25) is 4.79 Å². The quantitative estimate of drug-likeness (QED) is 0.679. The Bertz CT molecular complexity index is 879. The third kappa shape index (κ3) is 6.18. The second kappa shape index (κ2) is 9.45. The van der Waals surface area contributed by atoms with Crippen LogP contribution in [0.1, 0.15) is 71.7 Å². The Kier molecular flexibility index (Phi) is 7.44. The monoisotopic (exact) mass is 417 g/mol. The molecule has 0 atom stereocenters. The molecule has 0 aliphatic rings. The molecule has 0 aliphatic heterocycles. The lowest BCUT2D eigenvalue weighted by atomic mass is 9.92. The van der Waals surface area contributed by atoms with Gasteiger partial charge in [0.1, 0.15) is 5.60 Å². The topological polar surface area (TPSA) is 98.1 Å². The summed E-state index contributed by atoms with van der Waals surface area (Å²) in [5.74, 6) is 0.223. The van der Waals surface area contributed by atoms with Gasteiger partial charge in [-0.1, -0.05) is 27.7 Å². The van der Waals surface area contributed by atoms with Crippen molar-refractivity contribution in [3.05, 3.63) is 24.0 Å². The summed E-state index contributed by atoms with van der Waals surface area (Å²) in [5.41, 5.74) is 0.0829. The lowest BCUT2D eigenvalue weighted by Crippen LogP contribution is -2.55. The SMILES string of the molecule is CCC(CC)(CNC(=O)OC(C)(C)C)NC(=O)c1cnc2c(cnn2CC(C)C)c1. The molecule has 0 saturated carbocycles. The number of pyridine rings is 1. The summed E-state index contributed by atoms with van der Waals surface area (Å²) in [5, 5.41) is 11.1. The van der Waals surface area contributed by atoms with E-state index in [1.54, 1.807) is 18.5 Å². The summed E-state index contributed by atoms with van der Waals surface area (Å²) in [6.45, 7) is 14.7. The number of carbonyl (C=O) groups excluding carboxylic acids is 2. The highest BCUT2D eigenvalue weighted by molar-refractivity contribution is 5.97. The molecule has 166 valence electrons. The van der Waals surface area contributed by atoms with E-state index < -0.39 is 17.2 Å². The highest BCUT2D eigenvalue weighted by Crippen LogP contribution is 2.18. The average Bonchev–Trinajstić information content (AvgIpc) is 3.05. The Morgan fingerprint density at radius 1 is 1.17 bits per heavy atom. The number of alkyl carbamates (subject to hydrolysis) is 1. The van der Waals surface area contributed by atoms with Crippen LogP contribution in [-0.2, 0) is 11.3 Å². The molecule has 0 aromatic carbocycles. The molecule has 2 amide bonds.